The fraction of sp³-hybridized carbons (Fsp3) is 1.00. The lowest BCUT2D eigenvalue weighted by atomic mass is 9.74. The molecule has 0 amide bonds. The Balaban J connectivity index is 2.48. The summed E-state index contributed by atoms with van der Waals surface area (Å²) >= 11 is 0. The molecule has 0 aliphatic heterocycles. The van der Waals surface area contributed by atoms with Crippen LogP contribution in [0.25, 0.3) is 0 Å². The zero-order chi connectivity index (χ0) is 11.5. The van der Waals surface area contributed by atoms with Crippen molar-refractivity contribution in [2.75, 3.05) is 13.7 Å². The average Bonchev–Trinajstić information content (AvgIpc) is 2.53. The van der Waals surface area contributed by atoms with Crippen molar-refractivity contribution in [3.8, 4) is 0 Å². The van der Waals surface area contributed by atoms with Crippen LogP contribution in [0.4, 0.5) is 0 Å². The third kappa shape index (κ3) is 3.18. The SMILES string of the molecule is COCCC(C)C(N)C1CCCC1(C)C. The first-order chi connectivity index (χ1) is 6.99. The molecular formula is C13H27NO. The molecule has 1 aliphatic rings. The highest BCUT2D eigenvalue weighted by atomic mass is 16.5. The molecule has 2 N–H and O–H groups in total. The van der Waals surface area contributed by atoms with E-state index in [1.165, 1.54) is 19.3 Å². The molecule has 15 heavy (non-hydrogen) atoms. The standard InChI is InChI=1S/C13H27NO/c1-10(7-9-15-4)12(14)11-6-5-8-13(11,2)3/h10-12H,5-9,14H2,1-4H3. The summed E-state index contributed by atoms with van der Waals surface area (Å²) in [5.41, 5.74) is 6.83. The first-order valence-electron chi connectivity index (χ1n) is 6.23. The average molecular weight is 213 g/mol. The van der Waals surface area contributed by atoms with Gasteiger partial charge in [-0.1, -0.05) is 27.2 Å². The molecular weight excluding hydrogens is 186 g/mol. The molecule has 1 fully saturated rings. The van der Waals surface area contributed by atoms with Crippen LogP contribution < -0.4 is 5.73 Å². The van der Waals surface area contributed by atoms with Crippen LogP contribution in [0, 0.1) is 17.3 Å². The predicted octanol–water partition coefficient (Wildman–Crippen LogP) is 2.81. The van der Waals surface area contributed by atoms with Gasteiger partial charge in [0.2, 0.25) is 0 Å². The van der Waals surface area contributed by atoms with Crippen LogP contribution in [0.15, 0.2) is 0 Å². The van der Waals surface area contributed by atoms with Gasteiger partial charge in [0.05, 0.1) is 0 Å². The van der Waals surface area contributed by atoms with E-state index in [0.717, 1.165) is 13.0 Å². The number of hydrogen-bond donors (Lipinski definition) is 1. The van der Waals surface area contributed by atoms with Crippen molar-refractivity contribution in [3.05, 3.63) is 0 Å². The Bertz CT molecular complexity index is 191. The smallest absolute Gasteiger partial charge is 0.0465 e. The molecule has 90 valence electrons. The maximum Gasteiger partial charge on any atom is 0.0465 e. The molecule has 0 spiro atoms. The van der Waals surface area contributed by atoms with Crippen molar-refractivity contribution < 1.29 is 4.74 Å². The van der Waals surface area contributed by atoms with E-state index in [4.69, 9.17) is 10.5 Å². The van der Waals surface area contributed by atoms with Crippen molar-refractivity contribution in [1.82, 2.24) is 0 Å². The Morgan fingerprint density at radius 1 is 1.47 bits per heavy atom. The number of methoxy groups -OCH3 is 1. The van der Waals surface area contributed by atoms with Crippen LogP contribution in [0.2, 0.25) is 0 Å². The Hall–Kier alpha value is -0.0800. The van der Waals surface area contributed by atoms with Gasteiger partial charge >= 0.3 is 0 Å². The second-order valence-corrected chi connectivity index (χ2v) is 5.82. The molecule has 1 aliphatic carbocycles. The Morgan fingerprint density at radius 3 is 2.60 bits per heavy atom. The van der Waals surface area contributed by atoms with Crippen molar-refractivity contribution in [3.63, 3.8) is 0 Å². The summed E-state index contributed by atoms with van der Waals surface area (Å²) in [4.78, 5) is 0. The summed E-state index contributed by atoms with van der Waals surface area (Å²) in [7, 11) is 1.76. The van der Waals surface area contributed by atoms with E-state index in [1.54, 1.807) is 7.11 Å². The largest absolute Gasteiger partial charge is 0.385 e. The number of ether oxygens (including phenoxy) is 1. The van der Waals surface area contributed by atoms with Crippen molar-refractivity contribution >= 4 is 0 Å². The summed E-state index contributed by atoms with van der Waals surface area (Å²) < 4.78 is 5.12. The van der Waals surface area contributed by atoms with Gasteiger partial charge in [-0.2, -0.15) is 0 Å². The number of nitrogens with two attached hydrogens (primary N) is 1. The maximum atomic E-state index is 6.38. The lowest BCUT2D eigenvalue weighted by molar-refractivity contribution is 0.142. The highest BCUT2D eigenvalue weighted by Gasteiger charge is 2.39. The molecule has 1 rings (SSSR count). The van der Waals surface area contributed by atoms with Crippen molar-refractivity contribution in [1.29, 1.82) is 0 Å². The molecule has 2 heteroatoms. The third-order valence-corrected chi connectivity index (χ3v) is 4.24. The normalized spacial score (nSPS) is 29.0. The van der Waals surface area contributed by atoms with Gasteiger partial charge in [-0.05, 0) is 36.5 Å². The molecule has 0 bridgehead atoms. The van der Waals surface area contributed by atoms with E-state index in [2.05, 4.69) is 20.8 Å². The minimum absolute atomic E-state index is 0.345. The van der Waals surface area contributed by atoms with Crippen LogP contribution >= 0.6 is 0 Å². The van der Waals surface area contributed by atoms with E-state index in [0.29, 0.717) is 23.3 Å². The fourth-order valence-electron chi connectivity index (χ4n) is 2.96. The quantitative estimate of drug-likeness (QED) is 0.762. The van der Waals surface area contributed by atoms with E-state index in [9.17, 15) is 0 Å². The molecule has 0 radical (unpaired) electrons. The highest BCUT2D eigenvalue weighted by molar-refractivity contribution is 4.92. The first kappa shape index (κ1) is 13.0. The lowest BCUT2D eigenvalue weighted by Crippen LogP contribution is -2.41. The molecule has 0 aromatic heterocycles. The van der Waals surface area contributed by atoms with E-state index >= 15 is 0 Å². The van der Waals surface area contributed by atoms with Crippen LogP contribution in [-0.4, -0.2) is 19.8 Å². The fourth-order valence-corrected chi connectivity index (χ4v) is 2.96. The molecule has 1 saturated carbocycles. The maximum absolute atomic E-state index is 6.38. The molecule has 2 nitrogen and oxygen atoms in total. The minimum atomic E-state index is 0.345. The summed E-state index contributed by atoms with van der Waals surface area (Å²) in [5.74, 6) is 1.27. The Morgan fingerprint density at radius 2 is 2.13 bits per heavy atom. The zero-order valence-electron chi connectivity index (χ0n) is 10.8. The Labute approximate surface area is 94.6 Å². The zero-order valence-corrected chi connectivity index (χ0v) is 10.8. The summed E-state index contributed by atoms with van der Waals surface area (Å²) in [6.45, 7) is 7.83. The van der Waals surface area contributed by atoms with Gasteiger partial charge in [-0.3, -0.25) is 0 Å². The molecule has 0 aromatic rings. The first-order valence-corrected chi connectivity index (χ1v) is 6.23. The van der Waals surface area contributed by atoms with Crippen LogP contribution in [0.1, 0.15) is 46.5 Å². The van der Waals surface area contributed by atoms with Gasteiger partial charge < -0.3 is 10.5 Å². The summed E-state index contributed by atoms with van der Waals surface area (Å²) in [5, 5.41) is 0. The lowest BCUT2D eigenvalue weighted by Gasteiger charge is -2.35. The van der Waals surface area contributed by atoms with Gasteiger partial charge in [0.1, 0.15) is 0 Å². The van der Waals surface area contributed by atoms with Crippen molar-refractivity contribution in [2.24, 2.45) is 23.0 Å². The topological polar surface area (TPSA) is 35.2 Å². The number of rotatable bonds is 5. The molecule has 3 unspecified atom stereocenters. The van der Waals surface area contributed by atoms with E-state index < -0.39 is 0 Å². The van der Waals surface area contributed by atoms with Crippen LogP contribution in [0.5, 0.6) is 0 Å². The molecule has 0 saturated heterocycles. The van der Waals surface area contributed by atoms with Gasteiger partial charge in [0, 0.05) is 19.8 Å². The predicted molar refractivity (Wildman–Crippen MR) is 64.8 cm³/mol. The Kier molecular flexibility index (Phi) is 4.60. The van der Waals surface area contributed by atoms with Crippen molar-refractivity contribution in [2.45, 2.75) is 52.5 Å². The van der Waals surface area contributed by atoms with Gasteiger partial charge in [-0.15, -0.1) is 0 Å². The molecule has 3 atom stereocenters. The molecule has 0 aromatic carbocycles. The van der Waals surface area contributed by atoms with Crippen LogP contribution in [0.3, 0.4) is 0 Å². The second-order valence-electron chi connectivity index (χ2n) is 5.82. The second kappa shape index (κ2) is 5.31. The van der Waals surface area contributed by atoms with Gasteiger partial charge in [0.15, 0.2) is 0 Å². The minimum Gasteiger partial charge on any atom is -0.385 e. The van der Waals surface area contributed by atoms with Gasteiger partial charge in [-0.25, -0.2) is 0 Å². The summed E-state index contributed by atoms with van der Waals surface area (Å²) in [6.07, 6.45) is 5.08. The van der Waals surface area contributed by atoms with E-state index in [1.807, 2.05) is 0 Å². The number of hydrogen-bond acceptors (Lipinski definition) is 2. The summed E-state index contributed by atoms with van der Waals surface area (Å²) in [6, 6.07) is 0.345. The van der Waals surface area contributed by atoms with E-state index in [-0.39, 0.29) is 0 Å². The van der Waals surface area contributed by atoms with Gasteiger partial charge in [0.25, 0.3) is 0 Å². The monoisotopic (exact) mass is 213 g/mol. The third-order valence-electron chi connectivity index (χ3n) is 4.24. The van der Waals surface area contributed by atoms with Crippen LogP contribution in [-0.2, 0) is 4.74 Å². The highest BCUT2D eigenvalue weighted by Crippen LogP contribution is 2.45. The molecule has 0 heterocycles.